The fraction of sp³-hybridized carbons (Fsp3) is 0.476. The molecule has 1 fully saturated rings. The Morgan fingerprint density at radius 2 is 1.93 bits per heavy atom. The third kappa shape index (κ3) is 3.34. The van der Waals surface area contributed by atoms with Crippen molar-refractivity contribution in [3.05, 3.63) is 52.0 Å². The van der Waals surface area contributed by atoms with Gasteiger partial charge in [0.05, 0.1) is 6.54 Å². The Balaban J connectivity index is 1.38. The van der Waals surface area contributed by atoms with E-state index in [1.165, 1.54) is 4.68 Å². The minimum Gasteiger partial charge on any atom is -0.341 e. The summed E-state index contributed by atoms with van der Waals surface area (Å²) in [6.07, 6.45) is 4.38. The van der Waals surface area contributed by atoms with Crippen molar-refractivity contribution in [1.82, 2.24) is 29.4 Å². The van der Waals surface area contributed by atoms with Gasteiger partial charge in [-0.25, -0.2) is 9.48 Å². The lowest BCUT2D eigenvalue weighted by atomic mass is 10.0. The highest BCUT2D eigenvalue weighted by atomic mass is 16.5. The minimum atomic E-state index is -0.420. The third-order valence-corrected chi connectivity index (χ3v) is 5.89. The monoisotopic (exact) mass is 408 g/mol. The highest BCUT2D eigenvalue weighted by molar-refractivity contribution is 5.80. The molecule has 1 saturated heterocycles. The van der Waals surface area contributed by atoms with Gasteiger partial charge in [0.2, 0.25) is 5.91 Å². The van der Waals surface area contributed by atoms with Crippen LogP contribution in [0.2, 0.25) is 0 Å². The molecular formula is C21H24N6O3. The molecule has 2 aliphatic rings. The van der Waals surface area contributed by atoms with E-state index in [-0.39, 0.29) is 11.6 Å². The summed E-state index contributed by atoms with van der Waals surface area (Å²) in [7, 11) is 0. The molecule has 2 aromatic heterocycles. The second kappa shape index (κ2) is 7.55. The third-order valence-electron chi connectivity index (χ3n) is 5.89. The molecule has 1 aromatic carbocycles. The van der Waals surface area contributed by atoms with Gasteiger partial charge in [-0.1, -0.05) is 17.3 Å². The largest absolute Gasteiger partial charge is 0.346 e. The van der Waals surface area contributed by atoms with Crippen LogP contribution < -0.4 is 5.69 Å². The molecule has 0 aliphatic carbocycles. The average molecular weight is 408 g/mol. The van der Waals surface area contributed by atoms with Crippen molar-refractivity contribution in [1.29, 1.82) is 0 Å². The summed E-state index contributed by atoms with van der Waals surface area (Å²) in [6.45, 7) is 3.71. The molecular weight excluding hydrogens is 384 g/mol. The van der Waals surface area contributed by atoms with Crippen molar-refractivity contribution in [2.75, 3.05) is 13.1 Å². The second-order valence-corrected chi connectivity index (χ2v) is 8.01. The molecule has 2 aliphatic heterocycles. The van der Waals surface area contributed by atoms with E-state index in [1.807, 2.05) is 29.2 Å². The zero-order valence-corrected chi connectivity index (χ0v) is 17.0. The van der Waals surface area contributed by atoms with Crippen LogP contribution in [0.4, 0.5) is 0 Å². The van der Waals surface area contributed by atoms with Crippen LogP contribution in [0.3, 0.4) is 0 Å². The number of aromatic nitrogens is 5. The van der Waals surface area contributed by atoms with Crippen LogP contribution in [0.5, 0.6) is 0 Å². The molecule has 9 heteroatoms. The zero-order chi connectivity index (χ0) is 20.7. The van der Waals surface area contributed by atoms with Gasteiger partial charge < -0.3 is 9.42 Å². The van der Waals surface area contributed by atoms with E-state index in [1.54, 1.807) is 11.5 Å². The zero-order valence-electron chi connectivity index (χ0n) is 17.0. The predicted octanol–water partition coefficient (Wildman–Crippen LogP) is 1.95. The van der Waals surface area contributed by atoms with Crippen LogP contribution in [-0.4, -0.2) is 48.4 Å². The van der Waals surface area contributed by atoms with Gasteiger partial charge in [-0.15, -0.1) is 0 Å². The molecule has 0 N–H and O–H groups in total. The summed E-state index contributed by atoms with van der Waals surface area (Å²) in [6, 6.07) is 7.21. The molecule has 0 spiro atoms. The van der Waals surface area contributed by atoms with Crippen molar-refractivity contribution >= 4 is 5.91 Å². The first-order chi connectivity index (χ1) is 14.6. The van der Waals surface area contributed by atoms with Gasteiger partial charge in [-0.05, 0) is 50.3 Å². The number of hydrogen-bond donors (Lipinski definition) is 0. The molecule has 156 valence electrons. The van der Waals surface area contributed by atoms with Crippen molar-refractivity contribution in [2.24, 2.45) is 0 Å². The number of amides is 1. The Morgan fingerprint density at radius 3 is 2.63 bits per heavy atom. The van der Waals surface area contributed by atoms with Crippen LogP contribution in [0, 0.1) is 6.92 Å². The number of benzene rings is 1. The molecule has 1 unspecified atom stereocenters. The van der Waals surface area contributed by atoms with E-state index in [4.69, 9.17) is 4.52 Å². The van der Waals surface area contributed by atoms with Crippen LogP contribution in [0.15, 0.2) is 33.6 Å². The Hall–Kier alpha value is -3.23. The van der Waals surface area contributed by atoms with E-state index in [0.29, 0.717) is 30.5 Å². The first kappa shape index (κ1) is 18.8. The number of likely N-dealkylation sites (tertiary alicyclic amines) is 1. The molecule has 0 saturated carbocycles. The summed E-state index contributed by atoms with van der Waals surface area (Å²) < 4.78 is 8.28. The number of carbonyl (C=O) groups is 1. The first-order valence-corrected chi connectivity index (χ1v) is 10.5. The van der Waals surface area contributed by atoms with E-state index in [2.05, 4.69) is 15.2 Å². The molecule has 0 bridgehead atoms. The Morgan fingerprint density at radius 1 is 1.17 bits per heavy atom. The fourth-order valence-corrected chi connectivity index (χ4v) is 4.36. The Labute approximate surface area is 173 Å². The molecule has 1 amide bonds. The van der Waals surface area contributed by atoms with E-state index < -0.39 is 6.04 Å². The van der Waals surface area contributed by atoms with E-state index >= 15 is 0 Å². The van der Waals surface area contributed by atoms with E-state index in [0.717, 1.165) is 49.9 Å². The molecule has 4 heterocycles. The number of carbonyl (C=O) groups excluding carboxylic acids is 1. The smallest absolute Gasteiger partial charge is 0.341 e. The van der Waals surface area contributed by atoms with Crippen molar-refractivity contribution in [3.63, 3.8) is 0 Å². The quantitative estimate of drug-likeness (QED) is 0.654. The topological polar surface area (TPSA) is 99.0 Å². The fourth-order valence-electron chi connectivity index (χ4n) is 4.36. The molecule has 0 radical (unpaired) electrons. The van der Waals surface area contributed by atoms with Crippen molar-refractivity contribution in [3.8, 4) is 11.5 Å². The lowest BCUT2D eigenvalue weighted by molar-refractivity contribution is -0.134. The van der Waals surface area contributed by atoms with Gasteiger partial charge >= 0.3 is 5.69 Å². The van der Waals surface area contributed by atoms with E-state index in [9.17, 15) is 9.59 Å². The van der Waals surface area contributed by atoms with Crippen LogP contribution >= 0.6 is 0 Å². The summed E-state index contributed by atoms with van der Waals surface area (Å²) in [5, 5.41) is 8.35. The minimum absolute atomic E-state index is 0.0642. The number of nitrogens with zero attached hydrogens (tertiary/aromatic N) is 6. The maximum absolute atomic E-state index is 13.1. The van der Waals surface area contributed by atoms with Gasteiger partial charge in [0.25, 0.3) is 5.89 Å². The van der Waals surface area contributed by atoms with Gasteiger partial charge in [-0.3, -0.25) is 9.36 Å². The Kier molecular flexibility index (Phi) is 4.72. The number of fused-ring (bicyclic) bond motifs is 1. The summed E-state index contributed by atoms with van der Waals surface area (Å²) in [5.74, 6) is 1.83. The van der Waals surface area contributed by atoms with Gasteiger partial charge in [0.15, 0.2) is 5.82 Å². The average Bonchev–Trinajstić information content (AvgIpc) is 3.50. The number of rotatable bonds is 4. The van der Waals surface area contributed by atoms with Gasteiger partial charge in [0.1, 0.15) is 11.9 Å². The van der Waals surface area contributed by atoms with Gasteiger partial charge in [0, 0.05) is 25.1 Å². The molecule has 1 atom stereocenters. The van der Waals surface area contributed by atoms with Gasteiger partial charge in [-0.2, -0.15) is 10.1 Å². The standard InChI is InChI=1S/C21H24N6O3/c1-14-22-19(30-24-14)16-9-7-15(8-10-16)13-26-21(29)27-17(5-4-6-18(27)23-26)20(28)25-11-2-3-12-25/h7-10,17H,2-6,11-13H2,1H3. The number of hydrogen-bond acceptors (Lipinski definition) is 6. The lowest BCUT2D eigenvalue weighted by Gasteiger charge is -2.27. The molecule has 3 aromatic rings. The normalized spacial score (nSPS) is 18.6. The summed E-state index contributed by atoms with van der Waals surface area (Å²) in [4.78, 5) is 32.2. The summed E-state index contributed by atoms with van der Waals surface area (Å²) >= 11 is 0. The second-order valence-electron chi connectivity index (χ2n) is 8.01. The first-order valence-electron chi connectivity index (χ1n) is 10.5. The Bertz CT molecular complexity index is 1120. The molecule has 30 heavy (non-hydrogen) atoms. The number of aryl methyl sites for hydroxylation is 2. The SMILES string of the molecule is Cc1noc(-c2ccc(Cn3nc4n(c3=O)C(C(=O)N3CCCC3)CCC4)cc2)n1. The molecule has 9 nitrogen and oxygen atoms in total. The highest BCUT2D eigenvalue weighted by Gasteiger charge is 2.34. The van der Waals surface area contributed by atoms with Crippen LogP contribution in [0.25, 0.3) is 11.5 Å². The molecule has 5 rings (SSSR count). The highest BCUT2D eigenvalue weighted by Crippen LogP contribution is 2.26. The maximum Gasteiger partial charge on any atom is 0.346 e. The van der Waals surface area contributed by atoms with Crippen molar-refractivity contribution < 1.29 is 9.32 Å². The predicted molar refractivity (Wildman–Crippen MR) is 108 cm³/mol. The van der Waals surface area contributed by atoms with Crippen LogP contribution in [-0.2, 0) is 17.8 Å². The van der Waals surface area contributed by atoms with Crippen LogP contribution in [0.1, 0.15) is 48.9 Å². The lowest BCUT2D eigenvalue weighted by Crippen LogP contribution is -2.41. The maximum atomic E-state index is 13.1. The summed E-state index contributed by atoms with van der Waals surface area (Å²) in [5.41, 5.74) is 1.56. The van der Waals surface area contributed by atoms with Crippen molar-refractivity contribution in [2.45, 2.75) is 51.6 Å².